The summed E-state index contributed by atoms with van der Waals surface area (Å²) in [6, 6.07) is 2.04. The summed E-state index contributed by atoms with van der Waals surface area (Å²) in [6.07, 6.45) is 0. The summed E-state index contributed by atoms with van der Waals surface area (Å²) in [7, 11) is 0. The van der Waals surface area contributed by atoms with E-state index in [9.17, 15) is 4.79 Å². The van der Waals surface area contributed by atoms with Gasteiger partial charge in [-0.2, -0.15) is 0 Å². The zero-order valence-corrected chi connectivity index (χ0v) is 9.18. The van der Waals surface area contributed by atoms with Gasteiger partial charge in [0.2, 0.25) is 0 Å². The number of thiophene rings is 1. The zero-order chi connectivity index (χ0) is 8.27. The predicted molar refractivity (Wildman–Crippen MR) is 54.0 cm³/mol. The molecule has 1 aromatic rings. The van der Waals surface area contributed by atoms with Crippen molar-refractivity contribution in [2.24, 2.45) is 0 Å². The average Bonchev–Trinajstić information content (AvgIpc) is 2.31. The topological polar surface area (TPSA) is 17.1 Å². The van der Waals surface area contributed by atoms with Gasteiger partial charge in [-0.3, -0.25) is 4.79 Å². The van der Waals surface area contributed by atoms with Gasteiger partial charge in [0, 0.05) is 27.4 Å². The van der Waals surface area contributed by atoms with Gasteiger partial charge in [0.05, 0.1) is 0 Å². The number of thioether (sulfide) groups is 1. The maximum atomic E-state index is 10.6. The molecule has 1 heterocycles. The number of carbonyl (C=O) groups excluding carboxylic acids is 1. The summed E-state index contributed by atoms with van der Waals surface area (Å²) in [5.41, 5.74) is 0. The van der Waals surface area contributed by atoms with Crippen molar-refractivity contribution in [1.29, 1.82) is 0 Å². The van der Waals surface area contributed by atoms with Gasteiger partial charge >= 0.3 is 0 Å². The Morgan fingerprint density at radius 3 is 3.00 bits per heavy atom. The third kappa shape index (κ3) is 3.40. The first-order chi connectivity index (χ1) is 5.18. The molecule has 0 spiro atoms. The van der Waals surface area contributed by atoms with Crippen LogP contribution in [-0.4, -0.2) is 5.12 Å². The number of rotatable bonds is 2. The Kier molecular flexibility index (Phi) is 3.62. The monoisotopic (exact) mass is 250 g/mol. The third-order valence-corrected chi connectivity index (χ3v) is 3.78. The van der Waals surface area contributed by atoms with E-state index < -0.39 is 0 Å². The van der Waals surface area contributed by atoms with E-state index in [1.807, 2.05) is 11.4 Å². The van der Waals surface area contributed by atoms with E-state index in [0.717, 1.165) is 10.2 Å². The number of hydrogen-bond acceptors (Lipinski definition) is 3. The highest BCUT2D eigenvalue weighted by molar-refractivity contribution is 9.10. The molecule has 1 aromatic heterocycles. The maximum Gasteiger partial charge on any atom is 0.186 e. The van der Waals surface area contributed by atoms with E-state index in [1.54, 1.807) is 18.3 Å². The fraction of sp³-hybridized carbons (Fsp3) is 0.286. The van der Waals surface area contributed by atoms with E-state index in [2.05, 4.69) is 15.9 Å². The van der Waals surface area contributed by atoms with Gasteiger partial charge in [0.15, 0.2) is 5.12 Å². The van der Waals surface area contributed by atoms with Gasteiger partial charge in [-0.15, -0.1) is 11.3 Å². The van der Waals surface area contributed by atoms with Crippen molar-refractivity contribution < 1.29 is 4.79 Å². The van der Waals surface area contributed by atoms with Crippen LogP contribution in [-0.2, 0) is 10.5 Å². The minimum atomic E-state index is 0.175. The lowest BCUT2D eigenvalue weighted by atomic mass is 10.5. The molecule has 0 aliphatic carbocycles. The molecular weight excluding hydrogens is 244 g/mol. The summed E-state index contributed by atoms with van der Waals surface area (Å²) in [4.78, 5) is 11.8. The first-order valence-corrected chi connectivity index (χ1v) is 5.70. The second-order valence-electron chi connectivity index (χ2n) is 2.01. The van der Waals surface area contributed by atoms with E-state index in [0.29, 0.717) is 0 Å². The molecule has 0 fully saturated rings. The highest BCUT2D eigenvalue weighted by Crippen LogP contribution is 2.23. The summed E-state index contributed by atoms with van der Waals surface area (Å²) in [5, 5.41) is 2.20. The molecule has 0 atom stereocenters. The lowest BCUT2D eigenvalue weighted by Gasteiger charge is -1.90. The molecule has 0 saturated heterocycles. The van der Waals surface area contributed by atoms with Crippen LogP contribution in [0.2, 0.25) is 0 Å². The third-order valence-electron chi connectivity index (χ3n) is 1.04. The van der Waals surface area contributed by atoms with Crippen molar-refractivity contribution >= 4 is 44.1 Å². The van der Waals surface area contributed by atoms with Crippen LogP contribution in [0.4, 0.5) is 0 Å². The van der Waals surface area contributed by atoms with E-state index in [1.165, 1.54) is 16.6 Å². The number of halogens is 1. The molecule has 0 aliphatic rings. The molecule has 0 saturated carbocycles. The first kappa shape index (κ1) is 9.29. The lowest BCUT2D eigenvalue weighted by Crippen LogP contribution is -1.81. The van der Waals surface area contributed by atoms with Crippen LogP contribution in [0.25, 0.3) is 0 Å². The van der Waals surface area contributed by atoms with E-state index in [4.69, 9.17) is 0 Å². The van der Waals surface area contributed by atoms with Crippen LogP contribution < -0.4 is 0 Å². The molecule has 60 valence electrons. The predicted octanol–water partition coefficient (Wildman–Crippen LogP) is 3.29. The quantitative estimate of drug-likeness (QED) is 0.802. The highest BCUT2D eigenvalue weighted by atomic mass is 79.9. The Hall–Kier alpha value is 0.200. The van der Waals surface area contributed by atoms with Crippen LogP contribution in [0.1, 0.15) is 11.8 Å². The van der Waals surface area contributed by atoms with Crippen LogP contribution in [0.5, 0.6) is 0 Å². The average molecular weight is 251 g/mol. The molecule has 11 heavy (non-hydrogen) atoms. The Balaban J connectivity index is 2.45. The van der Waals surface area contributed by atoms with Crippen molar-refractivity contribution in [3.63, 3.8) is 0 Å². The van der Waals surface area contributed by atoms with Crippen LogP contribution >= 0.6 is 39.0 Å². The van der Waals surface area contributed by atoms with Crippen molar-refractivity contribution in [2.75, 3.05) is 0 Å². The van der Waals surface area contributed by atoms with E-state index in [-0.39, 0.29) is 5.12 Å². The van der Waals surface area contributed by atoms with Crippen LogP contribution in [0.3, 0.4) is 0 Å². The summed E-state index contributed by atoms with van der Waals surface area (Å²) < 4.78 is 1.10. The van der Waals surface area contributed by atoms with Gasteiger partial charge < -0.3 is 0 Å². The molecule has 0 N–H and O–H groups in total. The second-order valence-corrected chi connectivity index (χ2v) is 5.08. The van der Waals surface area contributed by atoms with Crippen molar-refractivity contribution in [2.45, 2.75) is 12.7 Å². The molecule has 0 radical (unpaired) electrons. The molecule has 4 heteroatoms. The van der Waals surface area contributed by atoms with E-state index >= 15 is 0 Å². The molecule has 0 amide bonds. The molecule has 0 aliphatic heterocycles. The van der Waals surface area contributed by atoms with Gasteiger partial charge in [0.1, 0.15) is 0 Å². The van der Waals surface area contributed by atoms with Gasteiger partial charge in [-0.25, -0.2) is 0 Å². The molecule has 1 rings (SSSR count). The fourth-order valence-corrected chi connectivity index (χ4v) is 2.72. The Labute approximate surface area is 82.3 Å². The van der Waals surface area contributed by atoms with Crippen LogP contribution in [0.15, 0.2) is 15.9 Å². The molecule has 0 unspecified atom stereocenters. The molecule has 1 nitrogen and oxygen atoms in total. The largest absolute Gasteiger partial charge is 0.288 e. The number of carbonyl (C=O) groups is 1. The van der Waals surface area contributed by atoms with Gasteiger partial charge in [-0.1, -0.05) is 11.8 Å². The summed E-state index contributed by atoms with van der Waals surface area (Å²) >= 11 is 6.38. The zero-order valence-electron chi connectivity index (χ0n) is 5.96. The van der Waals surface area contributed by atoms with Crippen molar-refractivity contribution in [3.8, 4) is 0 Å². The second kappa shape index (κ2) is 4.28. The molecule has 0 bridgehead atoms. The van der Waals surface area contributed by atoms with Crippen LogP contribution in [0, 0.1) is 0 Å². The number of hydrogen-bond donors (Lipinski definition) is 0. The minimum absolute atomic E-state index is 0.175. The summed E-state index contributed by atoms with van der Waals surface area (Å²) in [5.74, 6) is 0.797. The van der Waals surface area contributed by atoms with Gasteiger partial charge in [0.25, 0.3) is 0 Å². The standard InChI is InChI=1S/C7H7BrOS2/c1-5(9)10-4-7-2-6(8)3-11-7/h2-3H,4H2,1H3. The van der Waals surface area contributed by atoms with Crippen molar-refractivity contribution in [3.05, 3.63) is 20.8 Å². The molecular formula is C7H7BrOS2. The summed E-state index contributed by atoms with van der Waals surface area (Å²) in [6.45, 7) is 1.59. The minimum Gasteiger partial charge on any atom is -0.288 e. The first-order valence-electron chi connectivity index (χ1n) is 3.05. The van der Waals surface area contributed by atoms with Gasteiger partial charge in [-0.05, 0) is 22.0 Å². The fourth-order valence-electron chi connectivity index (χ4n) is 0.602. The molecule has 0 aromatic carbocycles. The Bertz CT molecular complexity index is 257. The highest BCUT2D eigenvalue weighted by Gasteiger charge is 1.99. The Morgan fingerprint density at radius 2 is 2.55 bits per heavy atom. The normalized spacial score (nSPS) is 10.0. The van der Waals surface area contributed by atoms with Crippen molar-refractivity contribution in [1.82, 2.24) is 0 Å². The smallest absolute Gasteiger partial charge is 0.186 e. The maximum absolute atomic E-state index is 10.6. The Morgan fingerprint density at radius 1 is 1.82 bits per heavy atom. The lowest BCUT2D eigenvalue weighted by molar-refractivity contribution is -0.109. The SMILES string of the molecule is CC(=O)SCc1cc(Br)cs1.